The predicted molar refractivity (Wildman–Crippen MR) is 112 cm³/mol. The average molecular weight is 489 g/mol. The van der Waals surface area contributed by atoms with Crippen molar-refractivity contribution in [3.05, 3.63) is 16.1 Å². The van der Waals surface area contributed by atoms with Gasteiger partial charge >= 0.3 is 0 Å². The standard InChI is InChI=1S/C14H27N5O2S2.HI/c1-5-23(20,21)18-8-6-7-16-14(15-4)17-9-13-19-12(10-22-13)11(2)3;/h10-11,18H,5-9H2,1-4H3,(H2,15,16,17);1H. The second-order valence-corrected chi connectivity index (χ2v) is 8.36. The summed E-state index contributed by atoms with van der Waals surface area (Å²) in [6.07, 6.45) is 0.689. The maximum atomic E-state index is 11.3. The maximum Gasteiger partial charge on any atom is 0.211 e. The summed E-state index contributed by atoms with van der Waals surface area (Å²) < 4.78 is 25.1. The first-order valence-electron chi connectivity index (χ1n) is 7.74. The van der Waals surface area contributed by atoms with Crippen LogP contribution < -0.4 is 15.4 Å². The Balaban J connectivity index is 0.00000529. The number of thiazole rings is 1. The predicted octanol–water partition coefficient (Wildman–Crippen LogP) is 1.88. The molecular formula is C14H28IN5O2S2. The monoisotopic (exact) mass is 489 g/mol. The first kappa shape index (κ1) is 23.5. The summed E-state index contributed by atoms with van der Waals surface area (Å²) >= 11 is 1.63. The summed E-state index contributed by atoms with van der Waals surface area (Å²) in [5.74, 6) is 1.23. The Labute approximate surface area is 166 Å². The third-order valence-electron chi connectivity index (χ3n) is 3.14. The van der Waals surface area contributed by atoms with Crippen LogP contribution in [0, 0.1) is 0 Å². The molecule has 10 heteroatoms. The van der Waals surface area contributed by atoms with Crippen LogP contribution >= 0.6 is 35.3 Å². The van der Waals surface area contributed by atoms with Crippen molar-refractivity contribution in [2.24, 2.45) is 4.99 Å². The minimum Gasteiger partial charge on any atom is -0.356 e. The highest BCUT2D eigenvalue weighted by Gasteiger charge is 2.07. The molecule has 1 aromatic rings. The smallest absolute Gasteiger partial charge is 0.211 e. The third kappa shape index (κ3) is 9.14. The van der Waals surface area contributed by atoms with Gasteiger partial charge in [-0.3, -0.25) is 4.99 Å². The van der Waals surface area contributed by atoms with Gasteiger partial charge in [0.05, 0.1) is 18.0 Å². The zero-order valence-corrected chi connectivity index (χ0v) is 18.6. The van der Waals surface area contributed by atoms with E-state index < -0.39 is 10.0 Å². The molecule has 140 valence electrons. The largest absolute Gasteiger partial charge is 0.356 e. The number of aromatic nitrogens is 1. The molecule has 1 rings (SSSR count). The highest BCUT2D eigenvalue weighted by molar-refractivity contribution is 14.0. The number of sulfonamides is 1. The number of halogens is 1. The van der Waals surface area contributed by atoms with E-state index in [1.807, 2.05) is 0 Å². The van der Waals surface area contributed by atoms with Crippen LogP contribution in [0.5, 0.6) is 0 Å². The van der Waals surface area contributed by atoms with Crippen LogP contribution in [0.2, 0.25) is 0 Å². The lowest BCUT2D eigenvalue weighted by atomic mass is 10.2. The topological polar surface area (TPSA) is 95.5 Å². The van der Waals surface area contributed by atoms with E-state index in [4.69, 9.17) is 0 Å². The van der Waals surface area contributed by atoms with Crippen LogP contribution in [0.15, 0.2) is 10.4 Å². The minimum atomic E-state index is -3.11. The number of guanidine groups is 1. The molecule has 7 nitrogen and oxygen atoms in total. The zero-order chi connectivity index (χ0) is 17.3. The van der Waals surface area contributed by atoms with Crippen LogP contribution in [0.3, 0.4) is 0 Å². The van der Waals surface area contributed by atoms with Crippen molar-refractivity contribution in [2.75, 3.05) is 25.9 Å². The Morgan fingerprint density at radius 1 is 1.33 bits per heavy atom. The molecule has 0 atom stereocenters. The summed E-state index contributed by atoms with van der Waals surface area (Å²) in [5, 5.41) is 9.46. The Morgan fingerprint density at radius 2 is 2.04 bits per heavy atom. The molecule has 0 spiro atoms. The van der Waals surface area contributed by atoms with E-state index in [2.05, 4.69) is 44.6 Å². The summed E-state index contributed by atoms with van der Waals surface area (Å²) in [5.41, 5.74) is 1.11. The lowest BCUT2D eigenvalue weighted by Crippen LogP contribution is -2.38. The molecule has 0 amide bonds. The molecule has 3 N–H and O–H groups in total. The van der Waals surface area contributed by atoms with Crippen molar-refractivity contribution in [2.45, 2.75) is 39.7 Å². The van der Waals surface area contributed by atoms with Gasteiger partial charge in [-0.15, -0.1) is 35.3 Å². The van der Waals surface area contributed by atoms with E-state index in [1.54, 1.807) is 25.3 Å². The molecule has 0 unspecified atom stereocenters. The molecule has 0 aliphatic rings. The lowest BCUT2D eigenvalue weighted by Gasteiger charge is -2.11. The van der Waals surface area contributed by atoms with Crippen LogP contribution in [0.1, 0.15) is 43.8 Å². The third-order valence-corrected chi connectivity index (χ3v) is 5.41. The molecule has 0 aromatic carbocycles. The van der Waals surface area contributed by atoms with Gasteiger partial charge in [0.2, 0.25) is 10.0 Å². The first-order valence-corrected chi connectivity index (χ1v) is 10.3. The van der Waals surface area contributed by atoms with Crippen molar-refractivity contribution in [3.8, 4) is 0 Å². The highest BCUT2D eigenvalue weighted by Crippen LogP contribution is 2.17. The number of aliphatic imine (C=N–C) groups is 1. The van der Waals surface area contributed by atoms with Gasteiger partial charge in [-0.25, -0.2) is 18.1 Å². The van der Waals surface area contributed by atoms with E-state index in [0.717, 1.165) is 10.7 Å². The van der Waals surface area contributed by atoms with E-state index in [0.29, 0.717) is 37.9 Å². The number of nitrogens with one attached hydrogen (secondary N) is 3. The van der Waals surface area contributed by atoms with E-state index >= 15 is 0 Å². The van der Waals surface area contributed by atoms with Gasteiger partial charge in [-0.05, 0) is 19.3 Å². The number of rotatable bonds is 9. The summed E-state index contributed by atoms with van der Waals surface area (Å²) in [6, 6.07) is 0. The van der Waals surface area contributed by atoms with Gasteiger partial charge in [0.15, 0.2) is 5.96 Å². The van der Waals surface area contributed by atoms with Gasteiger partial charge < -0.3 is 10.6 Å². The van der Waals surface area contributed by atoms with Gasteiger partial charge in [0.1, 0.15) is 5.01 Å². The van der Waals surface area contributed by atoms with Gasteiger partial charge in [-0.2, -0.15) is 0 Å². The second-order valence-electron chi connectivity index (χ2n) is 5.32. The molecule has 0 aliphatic carbocycles. The summed E-state index contributed by atoms with van der Waals surface area (Å²) in [7, 11) is -1.40. The normalized spacial score (nSPS) is 12.1. The van der Waals surface area contributed by atoms with Crippen molar-refractivity contribution >= 4 is 51.3 Å². The van der Waals surface area contributed by atoms with Crippen LogP contribution in [0.4, 0.5) is 0 Å². The quantitative estimate of drug-likeness (QED) is 0.213. The molecule has 0 saturated heterocycles. The molecule has 0 bridgehead atoms. The Morgan fingerprint density at radius 3 is 2.58 bits per heavy atom. The second kappa shape index (κ2) is 12.0. The maximum absolute atomic E-state index is 11.3. The van der Waals surface area contributed by atoms with E-state index in [-0.39, 0.29) is 29.7 Å². The van der Waals surface area contributed by atoms with Crippen molar-refractivity contribution < 1.29 is 8.42 Å². The Bertz CT molecular complexity index is 602. The van der Waals surface area contributed by atoms with Gasteiger partial charge in [0.25, 0.3) is 0 Å². The highest BCUT2D eigenvalue weighted by atomic mass is 127. The molecule has 24 heavy (non-hydrogen) atoms. The van der Waals surface area contributed by atoms with Crippen LogP contribution in [-0.2, 0) is 16.6 Å². The van der Waals surface area contributed by atoms with Crippen LogP contribution in [0.25, 0.3) is 0 Å². The lowest BCUT2D eigenvalue weighted by molar-refractivity contribution is 0.579. The van der Waals surface area contributed by atoms with Crippen molar-refractivity contribution in [3.63, 3.8) is 0 Å². The van der Waals surface area contributed by atoms with Gasteiger partial charge in [0, 0.05) is 25.5 Å². The molecule has 0 aliphatic heterocycles. The van der Waals surface area contributed by atoms with E-state index in [1.165, 1.54) is 0 Å². The van der Waals surface area contributed by atoms with Crippen molar-refractivity contribution in [1.29, 1.82) is 0 Å². The molecule has 0 fully saturated rings. The molecule has 1 heterocycles. The molecular weight excluding hydrogens is 461 g/mol. The average Bonchev–Trinajstić information content (AvgIpc) is 2.99. The first-order chi connectivity index (χ1) is 10.9. The molecule has 0 saturated carbocycles. The summed E-state index contributed by atoms with van der Waals surface area (Å²) in [6.45, 7) is 7.56. The molecule has 0 radical (unpaired) electrons. The Kier molecular flexibility index (Phi) is 11.8. The van der Waals surface area contributed by atoms with Crippen molar-refractivity contribution in [1.82, 2.24) is 20.3 Å². The summed E-state index contributed by atoms with van der Waals surface area (Å²) in [4.78, 5) is 8.70. The fourth-order valence-electron chi connectivity index (χ4n) is 1.68. The fraction of sp³-hybridized carbons (Fsp3) is 0.714. The SMILES string of the molecule is CCS(=O)(=O)NCCCNC(=NC)NCc1nc(C(C)C)cs1.I. The number of hydrogen-bond acceptors (Lipinski definition) is 5. The number of nitrogens with zero attached hydrogens (tertiary/aromatic N) is 2. The Hall–Kier alpha value is -0.460. The molecule has 1 aromatic heterocycles. The van der Waals surface area contributed by atoms with Crippen LogP contribution in [-0.4, -0.2) is 45.3 Å². The fourth-order valence-corrected chi connectivity index (χ4v) is 3.23. The van der Waals surface area contributed by atoms with Gasteiger partial charge in [-0.1, -0.05) is 13.8 Å². The van der Waals surface area contributed by atoms with E-state index in [9.17, 15) is 8.42 Å². The number of hydrogen-bond donors (Lipinski definition) is 3. The minimum absolute atomic E-state index is 0. The zero-order valence-electron chi connectivity index (χ0n) is 14.6.